The van der Waals surface area contributed by atoms with Crippen molar-refractivity contribution in [2.24, 2.45) is 0 Å². The number of hydrogen-bond donors (Lipinski definition) is 2. The van der Waals surface area contributed by atoms with Crippen LogP contribution in [0.2, 0.25) is 5.02 Å². The van der Waals surface area contributed by atoms with Crippen LogP contribution in [0, 0.1) is 3.57 Å². The monoisotopic (exact) mass is 375 g/mol. The summed E-state index contributed by atoms with van der Waals surface area (Å²) in [7, 11) is 1.53. The molecule has 6 heteroatoms. The van der Waals surface area contributed by atoms with Crippen molar-refractivity contribution >= 4 is 51.4 Å². The van der Waals surface area contributed by atoms with E-state index in [1.807, 2.05) is 18.2 Å². The van der Waals surface area contributed by atoms with Crippen LogP contribution in [-0.4, -0.2) is 12.1 Å². The molecule has 0 radical (unpaired) electrons. The maximum absolute atomic E-state index is 6.13. The molecule has 1 aromatic carbocycles. The molecule has 0 saturated carbocycles. The summed E-state index contributed by atoms with van der Waals surface area (Å²) in [5, 5.41) is 3.76. The van der Waals surface area contributed by atoms with Crippen LogP contribution in [-0.2, 0) is 0 Å². The summed E-state index contributed by atoms with van der Waals surface area (Å²) in [6, 6.07) is 9.23. The van der Waals surface area contributed by atoms with Gasteiger partial charge in [0, 0.05) is 3.57 Å². The molecular weight excluding hydrogens is 365 g/mol. The third-order valence-corrected chi connectivity index (χ3v) is 3.26. The van der Waals surface area contributed by atoms with E-state index in [1.165, 1.54) is 7.11 Å². The number of pyridine rings is 1. The zero-order chi connectivity index (χ0) is 13.1. The lowest BCUT2D eigenvalue weighted by molar-refractivity contribution is 0.401. The first-order valence-electron chi connectivity index (χ1n) is 5.12. The largest absolute Gasteiger partial charge is 0.479 e. The number of anilines is 3. The SMILES string of the molecule is COc1nc(Nc2ccc(I)cc2Cl)ccc1N. The summed E-state index contributed by atoms with van der Waals surface area (Å²) in [5.74, 6) is 1.02. The molecule has 0 saturated heterocycles. The Morgan fingerprint density at radius 2 is 2.11 bits per heavy atom. The standard InChI is InChI=1S/C12H11ClIN3O/c1-18-12-9(15)3-5-11(17-12)16-10-4-2-7(14)6-8(10)13/h2-6H,15H2,1H3,(H,16,17). The van der Waals surface area contributed by atoms with Gasteiger partial charge in [-0.05, 0) is 52.9 Å². The Hall–Kier alpha value is -1.21. The number of aromatic nitrogens is 1. The molecule has 94 valence electrons. The van der Waals surface area contributed by atoms with Crippen LogP contribution in [0.25, 0.3) is 0 Å². The molecule has 0 aliphatic carbocycles. The second-order valence-electron chi connectivity index (χ2n) is 3.54. The van der Waals surface area contributed by atoms with Crippen molar-refractivity contribution in [1.82, 2.24) is 4.98 Å². The topological polar surface area (TPSA) is 60.2 Å². The van der Waals surface area contributed by atoms with Crippen molar-refractivity contribution in [2.75, 3.05) is 18.2 Å². The summed E-state index contributed by atoms with van der Waals surface area (Å²) in [4.78, 5) is 4.23. The lowest BCUT2D eigenvalue weighted by atomic mass is 10.3. The van der Waals surface area contributed by atoms with Crippen LogP contribution in [0.4, 0.5) is 17.2 Å². The Balaban J connectivity index is 2.28. The Bertz CT molecular complexity index is 577. The number of hydrogen-bond acceptors (Lipinski definition) is 4. The maximum atomic E-state index is 6.13. The summed E-state index contributed by atoms with van der Waals surface area (Å²) in [5.41, 5.74) is 6.99. The van der Waals surface area contributed by atoms with Crippen LogP contribution in [0.15, 0.2) is 30.3 Å². The smallest absolute Gasteiger partial charge is 0.238 e. The van der Waals surface area contributed by atoms with Crippen molar-refractivity contribution in [1.29, 1.82) is 0 Å². The second-order valence-corrected chi connectivity index (χ2v) is 5.20. The number of benzene rings is 1. The highest BCUT2D eigenvalue weighted by Crippen LogP contribution is 2.28. The Morgan fingerprint density at radius 1 is 1.33 bits per heavy atom. The first-order chi connectivity index (χ1) is 8.60. The number of nitrogen functional groups attached to an aromatic ring is 1. The summed E-state index contributed by atoms with van der Waals surface area (Å²) < 4.78 is 6.14. The van der Waals surface area contributed by atoms with E-state index in [-0.39, 0.29) is 0 Å². The van der Waals surface area contributed by atoms with E-state index in [0.29, 0.717) is 22.4 Å². The fourth-order valence-corrected chi connectivity index (χ4v) is 2.32. The lowest BCUT2D eigenvalue weighted by Gasteiger charge is -2.10. The van der Waals surface area contributed by atoms with E-state index in [4.69, 9.17) is 22.1 Å². The highest BCUT2D eigenvalue weighted by Gasteiger charge is 2.05. The van der Waals surface area contributed by atoms with Crippen LogP contribution < -0.4 is 15.8 Å². The highest BCUT2D eigenvalue weighted by atomic mass is 127. The molecule has 1 heterocycles. The molecule has 1 aromatic heterocycles. The van der Waals surface area contributed by atoms with Gasteiger partial charge in [-0.15, -0.1) is 0 Å². The molecule has 0 spiro atoms. The maximum Gasteiger partial charge on any atom is 0.238 e. The van der Waals surface area contributed by atoms with Crippen molar-refractivity contribution in [2.45, 2.75) is 0 Å². The van der Waals surface area contributed by atoms with Gasteiger partial charge in [0.05, 0.1) is 23.5 Å². The van der Waals surface area contributed by atoms with Crippen molar-refractivity contribution < 1.29 is 4.74 Å². The number of nitrogens with one attached hydrogen (secondary N) is 1. The second kappa shape index (κ2) is 5.62. The predicted octanol–water partition coefficient (Wildman–Crippen LogP) is 3.67. The number of nitrogens with zero attached hydrogens (tertiary/aromatic N) is 1. The Labute approximate surface area is 124 Å². The number of nitrogens with two attached hydrogens (primary N) is 1. The summed E-state index contributed by atoms with van der Waals surface area (Å²) >= 11 is 8.34. The molecule has 0 amide bonds. The van der Waals surface area contributed by atoms with Crippen LogP contribution >= 0.6 is 34.2 Å². The normalized spacial score (nSPS) is 10.2. The van der Waals surface area contributed by atoms with E-state index in [0.717, 1.165) is 9.26 Å². The quantitative estimate of drug-likeness (QED) is 0.804. The lowest BCUT2D eigenvalue weighted by Crippen LogP contribution is -1.99. The molecule has 0 aliphatic heterocycles. The Kier molecular flexibility index (Phi) is 4.13. The minimum Gasteiger partial charge on any atom is -0.479 e. The zero-order valence-electron chi connectivity index (χ0n) is 9.58. The molecule has 0 aliphatic rings. The molecule has 0 bridgehead atoms. The molecule has 2 aromatic rings. The van der Waals surface area contributed by atoms with E-state index < -0.39 is 0 Å². The zero-order valence-corrected chi connectivity index (χ0v) is 12.5. The van der Waals surface area contributed by atoms with Gasteiger partial charge in [0.25, 0.3) is 0 Å². The van der Waals surface area contributed by atoms with E-state index in [9.17, 15) is 0 Å². The highest BCUT2D eigenvalue weighted by molar-refractivity contribution is 14.1. The van der Waals surface area contributed by atoms with Gasteiger partial charge in [-0.2, -0.15) is 4.98 Å². The molecule has 3 N–H and O–H groups in total. The number of halogens is 2. The number of ether oxygens (including phenoxy) is 1. The van der Waals surface area contributed by atoms with E-state index in [2.05, 4.69) is 32.9 Å². The fraction of sp³-hybridized carbons (Fsp3) is 0.0833. The van der Waals surface area contributed by atoms with Crippen molar-refractivity contribution in [3.05, 3.63) is 38.9 Å². The summed E-state index contributed by atoms with van der Waals surface area (Å²) in [6.07, 6.45) is 0. The molecule has 0 atom stereocenters. The third kappa shape index (κ3) is 2.97. The van der Waals surface area contributed by atoms with Gasteiger partial charge in [0.1, 0.15) is 5.82 Å². The average Bonchev–Trinajstić information content (AvgIpc) is 2.35. The van der Waals surface area contributed by atoms with E-state index in [1.54, 1.807) is 12.1 Å². The average molecular weight is 376 g/mol. The molecular formula is C12H11ClIN3O. The third-order valence-electron chi connectivity index (χ3n) is 2.28. The van der Waals surface area contributed by atoms with Gasteiger partial charge < -0.3 is 15.8 Å². The minimum absolute atomic E-state index is 0.390. The van der Waals surface area contributed by atoms with E-state index >= 15 is 0 Å². The molecule has 2 rings (SSSR count). The summed E-state index contributed by atoms with van der Waals surface area (Å²) in [6.45, 7) is 0. The van der Waals surface area contributed by atoms with Crippen LogP contribution in [0.3, 0.4) is 0 Å². The van der Waals surface area contributed by atoms with Gasteiger partial charge in [-0.25, -0.2) is 0 Å². The molecule has 0 unspecified atom stereocenters. The van der Waals surface area contributed by atoms with Gasteiger partial charge >= 0.3 is 0 Å². The van der Waals surface area contributed by atoms with Crippen LogP contribution in [0.1, 0.15) is 0 Å². The first kappa shape index (κ1) is 13.2. The Morgan fingerprint density at radius 3 is 2.78 bits per heavy atom. The minimum atomic E-state index is 0.390. The fourth-order valence-electron chi connectivity index (χ4n) is 1.41. The molecule has 0 fully saturated rings. The van der Waals surface area contributed by atoms with Crippen LogP contribution in [0.5, 0.6) is 5.88 Å². The first-order valence-corrected chi connectivity index (χ1v) is 6.58. The molecule has 4 nitrogen and oxygen atoms in total. The van der Waals surface area contributed by atoms with Gasteiger partial charge in [-0.1, -0.05) is 11.6 Å². The number of rotatable bonds is 3. The van der Waals surface area contributed by atoms with Gasteiger partial charge in [0.2, 0.25) is 5.88 Å². The number of methoxy groups -OCH3 is 1. The van der Waals surface area contributed by atoms with Gasteiger partial charge in [0.15, 0.2) is 0 Å². The van der Waals surface area contributed by atoms with Gasteiger partial charge in [-0.3, -0.25) is 0 Å². The van der Waals surface area contributed by atoms with Crippen molar-refractivity contribution in [3.8, 4) is 5.88 Å². The molecule has 18 heavy (non-hydrogen) atoms. The predicted molar refractivity (Wildman–Crippen MR) is 82.7 cm³/mol. The van der Waals surface area contributed by atoms with Crippen molar-refractivity contribution in [3.63, 3.8) is 0 Å².